The third-order valence-electron chi connectivity index (χ3n) is 3.11. The van der Waals surface area contributed by atoms with E-state index in [9.17, 15) is 4.79 Å². The second-order valence-corrected chi connectivity index (χ2v) is 5.09. The summed E-state index contributed by atoms with van der Waals surface area (Å²) in [6.07, 6.45) is 3.14. The molecule has 1 aromatic heterocycles. The van der Waals surface area contributed by atoms with Crippen LogP contribution in [0.3, 0.4) is 0 Å². The average Bonchev–Trinajstić information content (AvgIpc) is 2.76. The van der Waals surface area contributed by atoms with E-state index in [-0.39, 0.29) is 11.1 Å². The molecule has 1 saturated heterocycles. The maximum atomic E-state index is 12.1. The lowest BCUT2D eigenvalue weighted by Crippen LogP contribution is -2.39. The molecular weight excluding hydrogens is 261 g/mol. The van der Waals surface area contributed by atoms with Gasteiger partial charge in [-0.05, 0) is 48.9 Å². The fourth-order valence-corrected chi connectivity index (χ4v) is 2.68. The maximum absolute atomic E-state index is 12.1. The molecular formula is C12H15Cl2NO2. The molecule has 0 radical (unpaired) electrons. The summed E-state index contributed by atoms with van der Waals surface area (Å²) in [7, 11) is 0. The predicted molar refractivity (Wildman–Crippen MR) is 67.7 cm³/mol. The fraction of sp³-hybridized carbons (Fsp3) is 0.583. The van der Waals surface area contributed by atoms with E-state index < -0.39 is 0 Å². The summed E-state index contributed by atoms with van der Waals surface area (Å²) in [5.74, 6) is 1.41. The van der Waals surface area contributed by atoms with Gasteiger partial charge in [-0.2, -0.15) is 0 Å². The van der Waals surface area contributed by atoms with E-state index in [4.69, 9.17) is 27.6 Å². The molecule has 3 nitrogen and oxygen atoms in total. The number of nitrogens with zero attached hydrogens (tertiary/aromatic N) is 1. The number of carbonyl (C=O) groups is 1. The molecule has 1 fully saturated rings. The van der Waals surface area contributed by atoms with Gasteiger partial charge in [0.2, 0.25) is 0 Å². The first kappa shape index (κ1) is 12.8. The van der Waals surface area contributed by atoms with Crippen molar-refractivity contribution in [2.24, 2.45) is 5.92 Å². The number of rotatable bonds is 3. The lowest BCUT2D eigenvalue weighted by molar-refractivity contribution is 0.0639. The van der Waals surface area contributed by atoms with Crippen molar-refractivity contribution in [2.45, 2.75) is 19.3 Å². The minimum Gasteiger partial charge on any atom is -0.440 e. The average molecular weight is 276 g/mol. The zero-order chi connectivity index (χ0) is 12.3. The zero-order valence-corrected chi connectivity index (χ0v) is 11.0. The first-order chi connectivity index (χ1) is 8.20. The van der Waals surface area contributed by atoms with Crippen LogP contribution in [0.5, 0.6) is 0 Å². The van der Waals surface area contributed by atoms with E-state index in [1.165, 1.54) is 0 Å². The van der Waals surface area contributed by atoms with Crippen molar-refractivity contribution in [1.29, 1.82) is 0 Å². The topological polar surface area (TPSA) is 33.5 Å². The molecule has 2 heterocycles. The van der Waals surface area contributed by atoms with Gasteiger partial charge in [-0.3, -0.25) is 4.79 Å². The van der Waals surface area contributed by atoms with Crippen LogP contribution in [0.15, 0.2) is 16.5 Å². The molecule has 0 spiro atoms. The molecule has 2 rings (SSSR count). The van der Waals surface area contributed by atoms with Gasteiger partial charge in [0.15, 0.2) is 11.0 Å². The number of hydrogen-bond donors (Lipinski definition) is 0. The summed E-state index contributed by atoms with van der Waals surface area (Å²) in [6, 6.07) is 3.21. The highest BCUT2D eigenvalue weighted by atomic mass is 35.5. The predicted octanol–water partition coefficient (Wildman–Crippen LogP) is 3.41. The zero-order valence-electron chi connectivity index (χ0n) is 9.49. The van der Waals surface area contributed by atoms with Crippen LogP contribution in [0.2, 0.25) is 5.22 Å². The Bertz CT molecular complexity index is 390. The molecule has 0 saturated carbocycles. The van der Waals surface area contributed by atoms with Gasteiger partial charge in [-0.15, -0.1) is 11.6 Å². The number of halogens is 2. The van der Waals surface area contributed by atoms with Gasteiger partial charge in [0, 0.05) is 19.0 Å². The van der Waals surface area contributed by atoms with E-state index >= 15 is 0 Å². The lowest BCUT2D eigenvalue weighted by atomic mass is 9.95. The van der Waals surface area contributed by atoms with Gasteiger partial charge < -0.3 is 9.32 Å². The Morgan fingerprint density at radius 2 is 2.35 bits per heavy atom. The summed E-state index contributed by atoms with van der Waals surface area (Å²) in [4.78, 5) is 13.9. The van der Waals surface area contributed by atoms with Gasteiger partial charge in [0.1, 0.15) is 0 Å². The molecule has 5 heteroatoms. The standard InChI is InChI=1S/C12H15Cl2NO2/c13-6-5-9-2-1-7-15(8-9)12(16)10-3-4-11(14)17-10/h3-4,9H,1-2,5-8H2. The van der Waals surface area contributed by atoms with E-state index in [1.807, 2.05) is 4.90 Å². The summed E-state index contributed by atoms with van der Waals surface area (Å²) in [5, 5.41) is 0.252. The molecule has 0 aromatic carbocycles. The van der Waals surface area contributed by atoms with Gasteiger partial charge in [0.25, 0.3) is 5.91 Å². The molecule has 0 aliphatic carbocycles. The minimum absolute atomic E-state index is 0.0730. The Balaban J connectivity index is 1.99. The van der Waals surface area contributed by atoms with Crippen LogP contribution in [0.4, 0.5) is 0 Å². The highest BCUT2D eigenvalue weighted by molar-refractivity contribution is 6.29. The molecule has 1 aliphatic rings. The van der Waals surface area contributed by atoms with Crippen LogP contribution in [0.1, 0.15) is 29.8 Å². The number of furan rings is 1. The molecule has 1 amide bonds. The van der Waals surface area contributed by atoms with Gasteiger partial charge >= 0.3 is 0 Å². The number of carbonyl (C=O) groups excluding carboxylic acids is 1. The Labute approximate surface area is 111 Å². The third kappa shape index (κ3) is 3.17. The summed E-state index contributed by atoms with van der Waals surface area (Å²) in [6.45, 7) is 1.56. The number of piperidine rings is 1. The summed E-state index contributed by atoms with van der Waals surface area (Å²) < 4.78 is 5.14. The Morgan fingerprint density at radius 3 is 3.00 bits per heavy atom. The normalized spacial score (nSPS) is 20.6. The van der Waals surface area contributed by atoms with Crippen LogP contribution in [0, 0.1) is 5.92 Å². The molecule has 1 atom stereocenters. The first-order valence-corrected chi connectivity index (χ1v) is 6.72. The second-order valence-electron chi connectivity index (χ2n) is 4.34. The van der Waals surface area contributed by atoms with E-state index in [0.717, 1.165) is 32.4 Å². The maximum Gasteiger partial charge on any atom is 0.289 e. The minimum atomic E-state index is -0.0730. The van der Waals surface area contributed by atoms with Crippen LogP contribution in [0.25, 0.3) is 0 Å². The van der Waals surface area contributed by atoms with Crippen molar-refractivity contribution in [3.05, 3.63) is 23.1 Å². The van der Waals surface area contributed by atoms with Crippen molar-refractivity contribution < 1.29 is 9.21 Å². The largest absolute Gasteiger partial charge is 0.440 e. The van der Waals surface area contributed by atoms with E-state index in [0.29, 0.717) is 17.6 Å². The number of likely N-dealkylation sites (tertiary alicyclic amines) is 1. The molecule has 94 valence electrons. The molecule has 1 aliphatic heterocycles. The van der Waals surface area contributed by atoms with Crippen molar-refractivity contribution in [3.63, 3.8) is 0 Å². The van der Waals surface area contributed by atoms with E-state index in [2.05, 4.69) is 0 Å². The molecule has 17 heavy (non-hydrogen) atoms. The highest BCUT2D eigenvalue weighted by Crippen LogP contribution is 2.23. The van der Waals surface area contributed by atoms with E-state index in [1.54, 1.807) is 12.1 Å². The van der Waals surface area contributed by atoms with Crippen molar-refractivity contribution in [2.75, 3.05) is 19.0 Å². The molecule has 0 N–H and O–H groups in total. The monoisotopic (exact) mass is 275 g/mol. The van der Waals surface area contributed by atoms with Crippen LogP contribution >= 0.6 is 23.2 Å². The van der Waals surface area contributed by atoms with Gasteiger partial charge in [-0.1, -0.05) is 0 Å². The van der Waals surface area contributed by atoms with Crippen LogP contribution in [-0.2, 0) is 0 Å². The molecule has 1 aromatic rings. The van der Waals surface area contributed by atoms with Crippen molar-refractivity contribution in [1.82, 2.24) is 4.90 Å². The number of hydrogen-bond acceptors (Lipinski definition) is 2. The second kappa shape index (κ2) is 5.78. The van der Waals surface area contributed by atoms with Crippen LogP contribution in [-0.4, -0.2) is 29.8 Å². The van der Waals surface area contributed by atoms with Crippen molar-refractivity contribution >= 4 is 29.1 Å². The lowest BCUT2D eigenvalue weighted by Gasteiger charge is -2.31. The quantitative estimate of drug-likeness (QED) is 0.793. The number of amides is 1. The smallest absolute Gasteiger partial charge is 0.289 e. The van der Waals surface area contributed by atoms with Gasteiger partial charge in [0.05, 0.1) is 0 Å². The first-order valence-electron chi connectivity index (χ1n) is 5.81. The highest BCUT2D eigenvalue weighted by Gasteiger charge is 2.25. The molecule has 0 bridgehead atoms. The fourth-order valence-electron chi connectivity index (χ4n) is 2.22. The molecule has 1 unspecified atom stereocenters. The SMILES string of the molecule is O=C(c1ccc(Cl)o1)N1CCCC(CCCl)C1. The summed E-state index contributed by atoms with van der Waals surface area (Å²) in [5.41, 5.74) is 0. The Morgan fingerprint density at radius 1 is 1.53 bits per heavy atom. The Hall–Kier alpha value is -0.670. The summed E-state index contributed by atoms with van der Waals surface area (Å²) >= 11 is 11.4. The number of alkyl halides is 1. The van der Waals surface area contributed by atoms with Crippen LogP contribution < -0.4 is 0 Å². The third-order valence-corrected chi connectivity index (χ3v) is 3.53. The Kier molecular flexibility index (Phi) is 4.35. The van der Waals surface area contributed by atoms with Crippen molar-refractivity contribution in [3.8, 4) is 0 Å². The van der Waals surface area contributed by atoms with Gasteiger partial charge in [-0.25, -0.2) is 0 Å².